The molecule has 0 atom stereocenters. The van der Waals surface area contributed by atoms with Gasteiger partial charge in [0.25, 0.3) is 0 Å². The van der Waals surface area contributed by atoms with Crippen molar-refractivity contribution in [3.05, 3.63) is 0 Å². The van der Waals surface area contributed by atoms with Gasteiger partial charge in [-0.3, -0.25) is 4.99 Å². The maximum Gasteiger partial charge on any atom is 0.191 e. The average molecular weight is 371 g/mol. The number of guanidine groups is 1. The average Bonchev–Trinajstić information content (AvgIpc) is 2.14. The predicted molar refractivity (Wildman–Crippen MR) is 89.9 cm³/mol. The van der Waals surface area contributed by atoms with Crippen molar-refractivity contribution in [3.8, 4) is 0 Å². The quantitative estimate of drug-likeness (QED) is 0.327. The smallest absolute Gasteiger partial charge is 0.191 e. The zero-order valence-corrected chi connectivity index (χ0v) is 15.0. The summed E-state index contributed by atoms with van der Waals surface area (Å²) >= 11 is 0. The van der Waals surface area contributed by atoms with Crippen molar-refractivity contribution in [2.45, 2.75) is 47.1 Å². The molecule has 2 N–H and O–H groups in total. The Morgan fingerprint density at radius 3 is 2.33 bits per heavy atom. The van der Waals surface area contributed by atoms with Gasteiger partial charge in [0.15, 0.2) is 5.96 Å². The highest BCUT2D eigenvalue weighted by Crippen LogP contribution is 1.98. The lowest BCUT2D eigenvalue weighted by Crippen LogP contribution is -2.47. The summed E-state index contributed by atoms with van der Waals surface area (Å²) in [5.74, 6) is 1.44. The number of hydrogen-bond acceptors (Lipinski definition) is 2. The van der Waals surface area contributed by atoms with E-state index in [2.05, 4.69) is 57.2 Å². The Hall–Kier alpha value is -0.0400. The second-order valence-corrected chi connectivity index (χ2v) is 5.60. The summed E-state index contributed by atoms with van der Waals surface area (Å²) in [5.41, 5.74) is 0.0276. The summed E-state index contributed by atoms with van der Waals surface area (Å²) < 4.78 is 5.49. The Morgan fingerprint density at radius 2 is 1.89 bits per heavy atom. The van der Waals surface area contributed by atoms with Crippen molar-refractivity contribution in [1.82, 2.24) is 10.6 Å². The summed E-state index contributed by atoms with van der Waals surface area (Å²) in [6.45, 7) is 15.8. The molecule has 110 valence electrons. The van der Waals surface area contributed by atoms with Crippen LogP contribution in [-0.2, 0) is 4.74 Å². The molecule has 0 aliphatic rings. The van der Waals surface area contributed by atoms with Gasteiger partial charge in [-0.25, -0.2) is 0 Å². The lowest BCUT2D eigenvalue weighted by Gasteiger charge is -2.23. The lowest BCUT2D eigenvalue weighted by atomic mass is 10.1. The van der Waals surface area contributed by atoms with E-state index >= 15 is 0 Å². The molecular formula is C13H30IN3O. The Kier molecular flexibility index (Phi) is 12.2. The summed E-state index contributed by atoms with van der Waals surface area (Å²) in [6.07, 6.45) is 0. The standard InChI is InChI=1S/C13H29N3O.HI/c1-7-14-12(16-13(4,5)6)15-8-9-17-10-11(2)3;/h11H,7-10H2,1-6H3,(H2,14,15,16);1H. The maximum absolute atomic E-state index is 5.49. The first-order valence-electron chi connectivity index (χ1n) is 6.49. The van der Waals surface area contributed by atoms with Crippen LogP contribution in [0.25, 0.3) is 0 Å². The van der Waals surface area contributed by atoms with Crippen molar-refractivity contribution in [2.24, 2.45) is 10.9 Å². The van der Waals surface area contributed by atoms with Gasteiger partial charge in [-0.2, -0.15) is 0 Å². The second-order valence-electron chi connectivity index (χ2n) is 5.60. The molecule has 4 nitrogen and oxygen atoms in total. The van der Waals surface area contributed by atoms with E-state index in [1.165, 1.54) is 0 Å². The minimum Gasteiger partial charge on any atom is -0.379 e. The van der Waals surface area contributed by atoms with Crippen LogP contribution in [0.5, 0.6) is 0 Å². The first-order chi connectivity index (χ1) is 7.85. The van der Waals surface area contributed by atoms with E-state index in [0.717, 1.165) is 19.1 Å². The molecule has 0 aliphatic heterocycles. The molecule has 0 spiro atoms. The molecule has 0 radical (unpaired) electrons. The van der Waals surface area contributed by atoms with Gasteiger partial charge in [0, 0.05) is 18.7 Å². The molecule has 0 fully saturated rings. The van der Waals surface area contributed by atoms with E-state index < -0.39 is 0 Å². The van der Waals surface area contributed by atoms with Crippen LogP contribution in [0.15, 0.2) is 4.99 Å². The lowest BCUT2D eigenvalue weighted by molar-refractivity contribution is 0.117. The van der Waals surface area contributed by atoms with Gasteiger partial charge >= 0.3 is 0 Å². The normalized spacial score (nSPS) is 12.3. The van der Waals surface area contributed by atoms with Crippen LogP contribution in [0.2, 0.25) is 0 Å². The fourth-order valence-corrected chi connectivity index (χ4v) is 1.20. The van der Waals surface area contributed by atoms with Crippen LogP contribution < -0.4 is 10.6 Å². The minimum absolute atomic E-state index is 0. The van der Waals surface area contributed by atoms with Gasteiger partial charge < -0.3 is 15.4 Å². The van der Waals surface area contributed by atoms with Crippen LogP contribution in [-0.4, -0.2) is 37.8 Å². The van der Waals surface area contributed by atoms with E-state index in [1.807, 2.05) is 0 Å². The molecule has 0 aliphatic carbocycles. The number of ether oxygens (including phenoxy) is 1. The van der Waals surface area contributed by atoms with Crippen LogP contribution in [0.3, 0.4) is 0 Å². The highest BCUT2D eigenvalue weighted by Gasteiger charge is 2.11. The van der Waals surface area contributed by atoms with Crippen LogP contribution in [0.4, 0.5) is 0 Å². The fraction of sp³-hybridized carbons (Fsp3) is 0.923. The molecular weight excluding hydrogens is 341 g/mol. The highest BCUT2D eigenvalue weighted by atomic mass is 127. The summed E-state index contributed by atoms with van der Waals surface area (Å²) in [6, 6.07) is 0. The Labute approximate surface area is 129 Å². The molecule has 0 unspecified atom stereocenters. The summed E-state index contributed by atoms with van der Waals surface area (Å²) in [4.78, 5) is 4.47. The van der Waals surface area contributed by atoms with E-state index in [-0.39, 0.29) is 29.5 Å². The summed E-state index contributed by atoms with van der Waals surface area (Å²) in [7, 11) is 0. The molecule has 0 aromatic heterocycles. The molecule has 5 heteroatoms. The van der Waals surface area contributed by atoms with Gasteiger partial charge in [-0.1, -0.05) is 13.8 Å². The number of hydrogen-bond donors (Lipinski definition) is 2. The van der Waals surface area contributed by atoms with E-state index in [9.17, 15) is 0 Å². The van der Waals surface area contributed by atoms with Crippen molar-refractivity contribution < 1.29 is 4.74 Å². The van der Waals surface area contributed by atoms with Gasteiger partial charge in [-0.15, -0.1) is 24.0 Å². The zero-order chi connectivity index (χ0) is 13.3. The third-order valence-corrected chi connectivity index (χ3v) is 1.79. The predicted octanol–water partition coefficient (Wildman–Crippen LogP) is 2.63. The summed E-state index contributed by atoms with van der Waals surface area (Å²) in [5, 5.41) is 6.56. The maximum atomic E-state index is 5.49. The van der Waals surface area contributed by atoms with Gasteiger partial charge in [0.2, 0.25) is 0 Å². The van der Waals surface area contributed by atoms with E-state index in [0.29, 0.717) is 19.1 Å². The molecule has 18 heavy (non-hydrogen) atoms. The number of nitrogens with zero attached hydrogens (tertiary/aromatic N) is 1. The molecule has 0 aromatic rings. The number of nitrogens with one attached hydrogen (secondary N) is 2. The highest BCUT2D eigenvalue weighted by molar-refractivity contribution is 14.0. The molecule has 0 rings (SSSR count). The number of aliphatic imine (C=N–C) groups is 1. The van der Waals surface area contributed by atoms with Crippen LogP contribution >= 0.6 is 24.0 Å². The van der Waals surface area contributed by atoms with Crippen molar-refractivity contribution in [1.29, 1.82) is 0 Å². The Bertz CT molecular complexity index is 225. The number of rotatable bonds is 6. The molecule has 0 amide bonds. The van der Waals surface area contributed by atoms with Gasteiger partial charge in [-0.05, 0) is 33.6 Å². The molecule has 0 saturated carbocycles. The molecule has 0 aromatic carbocycles. The largest absolute Gasteiger partial charge is 0.379 e. The second kappa shape index (κ2) is 10.8. The number of halogens is 1. The molecule has 0 bridgehead atoms. The topological polar surface area (TPSA) is 45.7 Å². The van der Waals surface area contributed by atoms with Gasteiger partial charge in [0.1, 0.15) is 0 Å². The van der Waals surface area contributed by atoms with Crippen LogP contribution in [0.1, 0.15) is 41.5 Å². The Morgan fingerprint density at radius 1 is 1.28 bits per heavy atom. The third kappa shape index (κ3) is 14.0. The first-order valence-corrected chi connectivity index (χ1v) is 6.49. The fourth-order valence-electron chi connectivity index (χ4n) is 1.20. The van der Waals surface area contributed by atoms with Crippen molar-refractivity contribution in [3.63, 3.8) is 0 Å². The molecule has 0 heterocycles. The minimum atomic E-state index is 0. The molecule has 0 saturated heterocycles. The van der Waals surface area contributed by atoms with Crippen molar-refractivity contribution >= 4 is 29.9 Å². The zero-order valence-electron chi connectivity index (χ0n) is 12.7. The SMILES string of the molecule is CCNC(=NCCOCC(C)C)NC(C)(C)C.I. The monoisotopic (exact) mass is 371 g/mol. The Balaban J connectivity index is 0. The van der Waals surface area contributed by atoms with Gasteiger partial charge in [0.05, 0.1) is 13.2 Å². The van der Waals surface area contributed by atoms with E-state index in [4.69, 9.17) is 4.74 Å². The third-order valence-electron chi connectivity index (χ3n) is 1.79. The van der Waals surface area contributed by atoms with Crippen molar-refractivity contribution in [2.75, 3.05) is 26.3 Å². The van der Waals surface area contributed by atoms with E-state index in [1.54, 1.807) is 0 Å². The van der Waals surface area contributed by atoms with Crippen LogP contribution in [0, 0.1) is 5.92 Å². The first kappa shape index (κ1) is 20.3.